The third-order valence-electron chi connectivity index (χ3n) is 6.58. The first kappa shape index (κ1) is 25.2. The number of nitrogens with zero attached hydrogens (tertiary/aromatic N) is 3. The van der Waals surface area contributed by atoms with Gasteiger partial charge in [-0.05, 0) is 62.1 Å². The maximum atomic E-state index is 13.4. The molecule has 1 saturated heterocycles. The summed E-state index contributed by atoms with van der Waals surface area (Å²) in [5.74, 6) is 1.25. The highest BCUT2D eigenvalue weighted by Crippen LogP contribution is 2.36. The van der Waals surface area contributed by atoms with E-state index in [2.05, 4.69) is 20.4 Å². The molecule has 0 unspecified atom stereocenters. The van der Waals surface area contributed by atoms with Gasteiger partial charge in [0.15, 0.2) is 5.82 Å². The van der Waals surface area contributed by atoms with E-state index in [4.69, 9.17) is 9.47 Å². The summed E-state index contributed by atoms with van der Waals surface area (Å²) in [4.78, 5) is 2.37. The van der Waals surface area contributed by atoms with Crippen LogP contribution in [0.5, 0.6) is 5.75 Å². The predicted molar refractivity (Wildman–Crippen MR) is 130 cm³/mol. The minimum absolute atomic E-state index is 0.129. The lowest BCUT2D eigenvalue weighted by molar-refractivity contribution is -0.138. The number of methoxy groups -OCH3 is 1. The first-order valence-corrected chi connectivity index (χ1v) is 11.8. The second-order valence-electron chi connectivity index (χ2n) is 8.98. The van der Waals surface area contributed by atoms with Crippen LogP contribution in [-0.2, 0) is 10.9 Å². The van der Waals surface area contributed by atoms with E-state index in [1.165, 1.54) is 13.0 Å². The minimum Gasteiger partial charge on any atom is -0.490 e. The number of fused-ring (bicyclic) bond motifs is 1. The maximum Gasteiger partial charge on any atom is 0.416 e. The smallest absolute Gasteiger partial charge is 0.416 e. The molecule has 0 spiro atoms. The molecule has 1 atom stereocenters. The molecular formula is C26H31F3N4O2. The molecule has 1 aliphatic rings. The van der Waals surface area contributed by atoms with Crippen molar-refractivity contribution in [3.05, 3.63) is 59.3 Å². The van der Waals surface area contributed by atoms with Gasteiger partial charge in [0.2, 0.25) is 0 Å². The van der Waals surface area contributed by atoms with Crippen molar-refractivity contribution in [2.75, 3.05) is 38.7 Å². The molecule has 0 amide bonds. The summed E-state index contributed by atoms with van der Waals surface area (Å²) >= 11 is 0. The number of halogens is 3. The number of nitrogens with one attached hydrogen (secondary N) is 1. The average molecular weight is 489 g/mol. The molecule has 1 fully saturated rings. The summed E-state index contributed by atoms with van der Waals surface area (Å²) in [6.07, 6.45) is -0.728. The molecule has 3 aromatic rings. The number of ether oxygens (including phenoxy) is 2. The topological polar surface area (TPSA) is 59.5 Å². The molecule has 1 N–H and O–H groups in total. The van der Waals surface area contributed by atoms with Crippen molar-refractivity contribution in [3.63, 3.8) is 0 Å². The third kappa shape index (κ3) is 6.02. The number of hydrogen-bond acceptors (Lipinski definition) is 6. The van der Waals surface area contributed by atoms with Gasteiger partial charge in [-0.3, -0.25) is 0 Å². The van der Waals surface area contributed by atoms with Gasteiger partial charge in [0.25, 0.3) is 0 Å². The molecule has 6 nitrogen and oxygen atoms in total. The molecular weight excluding hydrogens is 457 g/mol. The summed E-state index contributed by atoms with van der Waals surface area (Å²) in [6, 6.07) is 9.62. The van der Waals surface area contributed by atoms with E-state index < -0.39 is 17.8 Å². The third-order valence-corrected chi connectivity index (χ3v) is 6.58. The van der Waals surface area contributed by atoms with Gasteiger partial charge in [-0.1, -0.05) is 12.1 Å². The summed E-state index contributed by atoms with van der Waals surface area (Å²) < 4.78 is 51.6. The van der Waals surface area contributed by atoms with Crippen molar-refractivity contribution >= 4 is 16.6 Å². The van der Waals surface area contributed by atoms with Gasteiger partial charge in [-0.15, -0.1) is 5.10 Å². The van der Waals surface area contributed by atoms with Crippen LogP contribution in [0.15, 0.2) is 42.6 Å². The van der Waals surface area contributed by atoms with Gasteiger partial charge in [0.05, 0.1) is 24.4 Å². The van der Waals surface area contributed by atoms with Gasteiger partial charge in [-0.2, -0.15) is 18.3 Å². The van der Waals surface area contributed by atoms with Crippen LogP contribution in [0.1, 0.15) is 42.5 Å². The first-order valence-electron chi connectivity index (χ1n) is 11.8. The number of alkyl halides is 3. The summed E-state index contributed by atoms with van der Waals surface area (Å²) in [7, 11) is 1.71. The number of rotatable bonds is 8. The fourth-order valence-electron chi connectivity index (χ4n) is 4.61. The molecule has 0 aliphatic carbocycles. The second-order valence-corrected chi connectivity index (χ2v) is 8.98. The van der Waals surface area contributed by atoms with E-state index >= 15 is 0 Å². The Morgan fingerprint density at radius 1 is 1.17 bits per heavy atom. The number of anilines is 1. The lowest BCUT2D eigenvalue weighted by Gasteiger charge is -2.32. The number of likely N-dealkylation sites (tertiary alicyclic amines) is 1. The van der Waals surface area contributed by atoms with E-state index in [1.54, 1.807) is 19.4 Å². The van der Waals surface area contributed by atoms with Gasteiger partial charge in [0.1, 0.15) is 11.9 Å². The Morgan fingerprint density at radius 3 is 2.66 bits per heavy atom. The molecule has 9 heteroatoms. The molecule has 4 rings (SSSR count). The average Bonchev–Trinajstić information content (AvgIpc) is 2.83. The van der Waals surface area contributed by atoms with Crippen molar-refractivity contribution in [1.82, 2.24) is 15.1 Å². The number of benzene rings is 2. The molecule has 35 heavy (non-hydrogen) atoms. The molecule has 2 heterocycles. The summed E-state index contributed by atoms with van der Waals surface area (Å²) in [6.45, 7) is 6.90. The predicted octanol–water partition coefficient (Wildman–Crippen LogP) is 5.62. The fourth-order valence-corrected chi connectivity index (χ4v) is 4.61. The lowest BCUT2D eigenvalue weighted by Crippen LogP contribution is -2.39. The van der Waals surface area contributed by atoms with E-state index in [-0.39, 0.29) is 11.7 Å². The largest absolute Gasteiger partial charge is 0.490 e. The number of piperidine rings is 1. The zero-order chi connectivity index (χ0) is 25.0. The molecule has 0 saturated carbocycles. The Labute approximate surface area is 203 Å². The van der Waals surface area contributed by atoms with Crippen LogP contribution in [-0.4, -0.2) is 54.6 Å². The van der Waals surface area contributed by atoms with Crippen LogP contribution < -0.4 is 10.1 Å². The Kier molecular flexibility index (Phi) is 7.76. The van der Waals surface area contributed by atoms with Gasteiger partial charge >= 0.3 is 6.18 Å². The first-order chi connectivity index (χ1) is 16.8. The van der Waals surface area contributed by atoms with Gasteiger partial charge in [0, 0.05) is 37.5 Å². The van der Waals surface area contributed by atoms with Crippen LogP contribution >= 0.6 is 0 Å². The highest BCUT2D eigenvalue weighted by molar-refractivity contribution is 5.92. The van der Waals surface area contributed by atoms with Crippen LogP contribution in [0.2, 0.25) is 0 Å². The quantitative estimate of drug-likeness (QED) is 0.444. The Balaban J connectivity index is 1.50. The van der Waals surface area contributed by atoms with Crippen molar-refractivity contribution < 1.29 is 22.6 Å². The monoisotopic (exact) mass is 488 g/mol. The molecule has 0 radical (unpaired) electrons. The molecule has 2 aromatic carbocycles. The molecule has 188 valence electrons. The van der Waals surface area contributed by atoms with Crippen molar-refractivity contribution in [3.8, 4) is 5.75 Å². The molecule has 0 bridgehead atoms. The van der Waals surface area contributed by atoms with Crippen LogP contribution in [0.3, 0.4) is 0 Å². The highest BCUT2D eigenvalue weighted by Gasteiger charge is 2.33. The van der Waals surface area contributed by atoms with E-state index in [0.717, 1.165) is 61.7 Å². The Morgan fingerprint density at radius 2 is 1.94 bits per heavy atom. The van der Waals surface area contributed by atoms with Gasteiger partial charge in [-0.25, -0.2) is 0 Å². The summed E-state index contributed by atoms with van der Waals surface area (Å²) in [5, 5.41) is 13.3. The lowest BCUT2D eigenvalue weighted by atomic mass is 9.97. The van der Waals surface area contributed by atoms with Crippen molar-refractivity contribution in [2.24, 2.45) is 0 Å². The highest BCUT2D eigenvalue weighted by atomic mass is 19.4. The van der Waals surface area contributed by atoms with Crippen LogP contribution in [0, 0.1) is 6.92 Å². The number of aromatic nitrogens is 2. The van der Waals surface area contributed by atoms with E-state index in [1.807, 2.05) is 25.1 Å². The van der Waals surface area contributed by atoms with E-state index in [0.29, 0.717) is 11.4 Å². The van der Waals surface area contributed by atoms with Crippen molar-refractivity contribution in [1.29, 1.82) is 0 Å². The fraction of sp³-hybridized carbons (Fsp3) is 0.462. The normalized spacial score (nSPS) is 16.4. The minimum atomic E-state index is -4.40. The Bertz CT molecular complexity index is 1150. The van der Waals surface area contributed by atoms with E-state index in [9.17, 15) is 13.2 Å². The van der Waals surface area contributed by atoms with Crippen LogP contribution in [0.25, 0.3) is 10.8 Å². The standard InChI is InChI=1S/C26H31F3N4O2/c1-17-22(5-4-6-24(17)26(27,28)29)18(2)31-25-23-15-21(8-7-19(23)16-30-32-25)35-20-9-11-33(12-10-20)13-14-34-3/h4-8,15-16,18,20H,9-14H2,1-3H3,(H,31,32)/t18-/m1/s1. The molecule has 1 aromatic heterocycles. The van der Waals surface area contributed by atoms with Gasteiger partial charge < -0.3 is 19.7 Å². The van der Waals surface area contributed by atoms with Crippen molar-refractivity contribution in [2.45, 2.75) is 45.0 Å². The zero-order valence-electron chi connectivity index (χ0n) is 20.2. The van der Waals surface area contributed by atoms with Crippen LogP contribution in [0.4, 0.5) is 19.0 Å². The summed E-state index contributed by atoms with van der Waals surface area (Å²) in [5.41, 5.74) is 0.136. The number of hydrogen-bond donors (Lipinski definition) is 1. The second kappa shape index (κ2) is 10.8. The Hall–Kier alpha value is -2.91. The zero-order valence-corrected chi connectivity index (χ0v) is 20.2. The SMILES string of the molecule is COCCN1CCC(Oc2ccc3cnnc(N[C@H](C)c4cccc(C(F)(F)F)c4C)c3c2)CC1. The maximum absolute atomic E-state index is 13.4. The molecule has 1 aliphatic heterocycles.